The molecule has 2 N–H and O–H groups in total. The maximum atomic E-state index is 12.4. The molecule has 4 atom stereocenters. The maximum absolute atomic E-state index is 12.4. The SMILES string of the molecule is CN=C(NC1CCCN(c2ccc(OC(F)F)cc2)C1)NC1C2CCOC2C12CCC2. The minimum Gasteiger partial charge on any atom is -0.435 e. The number of halogens is 2. The Morgan fingerprint density at radius 1 is 1.19 bits per heavy atom. The molecule has 4 unspecified atom stereocenters. The van der Waals surface area contributed by atoms with Crippen LogP contribution in [0.4, 0.5) is 14.5 Å². The van der Waals surface area contributed by atoms with Crippen molar-refractivity contribution < 1.29 is 18.3 Å². The van der Waals surface area contributed by atoms with Crippen molar-refractivity contribution in [2.45, 2.75) is 63.3 Å². The first-order valence-electron chi connectivity index (χ1n) is 11.5. The molecule has 2 heterocycles. The smallest absolute Gasteiger partial charge is 0.387 e. The second-order valence-electron chi connectivity index (χ2n) is 9.33. The molecule has 8 heteroatoms. The molecule has 2 aliphatic heterocycles. The van der Waals surface area contributed by atoms with E-state index in [1.54, 1.807) is 12.1 Å². The molecule has 1 aromatic carbocycles. The summed E-state index contributed by atoms with van der Waals surface area (Å²) in [5.41, 5.74) is 1.34. The van der Waals surface area contributed by atoms with E-state index in [1.807, 2.05) is 19.2 Å². The minimum atomic E-state index is -2.80. The number of benzene rings is 1. The third kappa shape index (κ3) is 3.83. The Hall–Kier alpha value is -2.09. The molecule has 2 aliphatic carbocycles. The number of hydrogen-bond acceptors (Lipinski definition) is 4. The predicted molar refractivity (Wildman–Crippen MR) is 116 cm³/mol. The third-order valence-corrected chi connectivity index (χ3v) is 7.74. The van der Waals surface area contributed by atoms with E-state index < -0.39 is 6.61 Å². The predicted octanol–water partition coefficient (Wildman–Crippen LogP) is 3.38. The van der Waals surface area contributed by atoms with Gasteiger partial charge in [0, 0.05) is 55.8 Å². The number of fused-ring (bicyclic) bond motifs is 2. The third-order valence-electron chi connectivity index (χ3n) is 7.74. The van der Waals surface area contributed by atoms with Crippen LogP contribution in [-0.4, -0.2) is 57.5 Å². The molecule has 5 rings (SSSR count). The maximum Gasteiger partial charge on any atom is 0.387 e. The lowest BCUT2D eigenvalue weighted by Gasteiger charge is -2.63. The molecule has 0 amide bonds. The van der Waals surface area contributed by atoms with Gasteiger partial charge in [-0.15, -0.1) is 0 Å². The first-order chi connectivity index (χ1) is 15.1. The number of piperidine rings is 1. The first-order valence-corrected chi connectivity index (χ1v) is 11.5. The van der Waals surface area contributed by atoms with E-state index >= 15 is 0 Å². The number of hydrogen-bond donors (Lipinski definition) is 2. The van der Waals surface area contributed by atoms with Crippen molar-refractivity contribution >= 4 is 11.6 Å². The molecule has 6 nitrogen and oxygen atoms in total. The number of aliphatic imine (C=N–C) groups is 1. The van der Waals surface area contributed by atoms with E-state index in [0.717, 1.165) is 50.6 Å². The fourth-order valence-electron chi connectivity index (χ4n) is 6.14. The molecule has 0 bridgehead atoms. The zero-order valence-corrected chi connectivity index (χ0v) is 18.0. The van der Waals surface area contributed by atoms with E-state index in [-0.39, 0.29) is 11.8 Å². The van der Waals surface area contributed by atoms with E-state index in [2.05, 4.69) is 25.3 Å². The van der Waals surface area contributed by atoms with Crippen LogP contribution in [0.25, 0.3) is 0 Å². The standard InChI is InChI=1S/C23H32F2N4O2/c1-26-22(28-19-18-9-13-30-20(18)23(19)10-3-11-23)27-15-4-2-12-29(14-15)16-5-7-17(8-6-16)31-21(24)25/h5-8,15,18-21H,2-4,9-14H2,1H3,(H2,26,27,28). The van der Waals surface area contributed by atoms with Crippen molar-refractivity contribution in [3.8, 4) is 5.75 Å². The highest BCUT2D eigenvalue weighted by Gasteiger charge is 2.66. The fourth-order valence-corrected chi connectivity index (χ4v) is 6.14. The number of nitrogens with zero attached hydrogens (tertiary/aromatic N) is 2. The number of guanidine groups is 1. The van der Waals surface area contributed by atoms with Crippen molar-refractivity contribution in [1.82, 2.24) is 10.6 Å². The van der Waals surface area contributed by atoms with Gasteiger partial charge in [0.1, 0.15) is 5.75 Å². The summed E-state index contributed by atoms with van der Waals surface area (Å²) in [4.78, 5) is 6.82. The highest BCUT2D eigenvalue weighted by atomic mass is 19.3. The number of anilines is 1. The molecule has 0 aromatic heterocycles. The van der Waals surface area contributed by atoms with Gasteiger partial charge in [-0.1, -0.05) is 6.42 Å². The summed E-state index contributed by atoms with van der Waals surface area (Å²) in [6.07, 6.45) is 7.54. The van der Waals surface area contributed by atoms with Crippen molar-refractivity contribution in [3.63, 3.8) is 0 Å². The molecular weight excluding hydrogens is 402 g/mol. The Kier molecular flexibility index (Phi) is 5.67. The quantitative estimate of drug-likeness (QED) is 0.550. The van der Waals surface area contributed by atoms with Gasteiger partial charge < -0.3 is 25.0 Å². The molecule has 2 saturated carbocycles. The van der Waals surface area contributed by atoms with Gasteiger partial charge in [-0.3, -0.25) is 4.99 Å². The van der Waals surface area contributed by atoms with Crippen molar-refractivity contribution in [2.24, 2.45) is 16.3 Å². The molecule has 1 aromatic rings. The van der Waals surface area contributed by atoms with Crippen molar-refractivity contribution in [3.05, 3.63) is 24.3 Å². The van der Waals surface area contributed by atoms with Gasteiger partial charge in [0.05, 0.1) is 6.10 Å². The van der Waals surface area contributed by atoms with Crippen LogP contribution in [-0.2, 0) is 4.74 Å². The zero-order valence-electron chi connectivity index (χ0n) is 18.0. The second-order valence-corrected chi connectivity index (χ2v) is 9.33. The number of alkyl halides is 2. The lowest BCUT2D eigenvalue weighted by molar-refractivity contribution is -0.171. The molecule has 4 fully saturated rings. The summed E-state index contributed by atoms with van der Waals surface area (Å²) in [5.74, 6) is 1.68. The van der Waals surface area contributed by atoms with Gasteiger partial charge >= 0.3 is 6.61 Å². The van der Waals surface area contributed by atoms with E-state index in [4.69, 9.17) is 4.74 Å². The molecular formula is C23H32F2N4O2. The first kappa shape index (κ1) is 20.8. The Balaban J connectivity index is 1.18. The fraction of sp³-hybridized carbons (Fsp3) is 0.696. The summed E-state index contributed by atoms with van der Waals surface area (Å²) < 4.78 is 35.3. The molecule has 2 saturated heterocycles. The second kappa shape index (κ2) is 8.45. The molecule has 4 aliphatic rings. The van der Waals surface area contributed by atoms with Crippen LogP contribution in [0.15, 0.2) is 29.3 Å². The van der Waals surface area contributed by atoms with Crippen LogP contribution in [0.3, 0.4) is 0 Å². The lowest BCUT2D eigenvalue weighted by Crippen LogP contribution is -2.73. The van der Waals surface area contributed by atoms with E-state index in [0.29, 0.717) is 23.5 Å². The van der Waals surface area contributed by atoms with Crippen LogP contribution in [0.1, 0.15) is 38.5 Å². The molecule has 1 spiro atoms. The topological polar surface area (TPSA) is 58.1 Å². The average Bonchev–Trinajstić information content (AvgIpc) is 3.15. The molecule has 0 radical (unpaired) electrons. The van der Waals surface area contributed by atoms with Crippen LogP contribution in [0.2, 0.25) is 0 Å². The summed E-state index contributed by atoms with van der Waals surface area (Å²) in [5, 5.41) is 7.39. The monoisotopic (exact) mass is 434 g/mol. The highest BCUT2D eigenvalue weighted by Crippen LogP contribution is 2.62. The van der Waals surface area contributed by atoms with E-state index in [9.17, 15) is 8.78 Å². The normalized spacial score (nSPS) is 31.7. The minimum absolute atomic E-state index is 0.189. The van der Waals surface area contributed by atoms with Crippen LogP contribution < -0.4 is 20.3 Å². The zero-order chi connectivity index (χ0) is 21.4. The lowest BCUT2D eigenvalue weighted by atomic mass is 9.46. The van der Waals surface area contributed by atoms with Crippen molar-refractivity contribution in [2.75, 3.05) is 31.6 Å². The van der Waals surface area contributed by atoms with Crippen LogP contribution in [0.5, 0.6) is 5.75 Å². The van der Waals surface area contributed by atoms with Gasteiger partial charge in [-0.2, -0.15) is 8.78 Å². The van der Waals surface area contributed by atoms with Gasteiger partial charge in [-0.25, -0.2) is 0 Å². The summed E-state index contributed by atoms with van der Waals surface area (Å²) in [6, 6.07) is 7.65. The summed E-state index contributed by atoms with van der Waals surface area (Å²) in [7, 11) is 1.84. The number of nitrogens with one attached hydrogen (secondary N) is 2. The Morgan fingerprint density at radius 3 is 2.68 bits per heavy atom. The Bertz CT molecular complexity index is 799. The van der Waals surface area contributed by atoms with Gasteiger partial charge in [0.25, 0.3) is 0 Å². The van der Waals surface area contributed by atoms with E-state index in [1.165, 1.54) is 19.3 Å². The number of rotatable bonds is 5. The average molecular weight is 435 g/mol. The summed E-state index contributed by atoms with van der Waals surface area (Å²) in [6.45, 7) is -0.109. The van der Waals surface area contributed by atoms with Gasteiger partial charge in [0.15, 0.2) is 5.96 Å². The highest BCUT2D eigenvalue weighted by molar-refractivity contribution is 5.80. The Morgan fingerprint density at radius 2 is 2.00 bits per heavy atom. The number of ether oxygens (including phenoxy) is 2. The van der Waals surface area contributed by atoms with Crippen molar-refractivity contribution in [1.29, 1.82) is 0 Å². The molecule has 31 heavy (non-hydrogen) atoms. The van der Waals surface area contributed by atoms with Crippen LogP contribution >= 0.6 is 0 Å². The summed E-state index contributed by atoms with van der Waals surface area (Å²) >= 11 is 0. The largest absolute Gasteiger partial charge is 0.435 e. The van der Waals surface area contributed by atoms with Gasteiger partial charge in [0.2, 0.25) is 0 Å². The Labute approximate surface area is 182 Å². The van der Waals surface area contributed by atoms with Crippen LogP contribution in [0, 0.1) is 11.3 Å². The molecule has 170 valence electrons. The van der Waals surface area contributed by atoms with Gasteiger partial charge in [-0.05, 0) is 56.4 Å².